The van der Waals surface area contributed by atoms with Gasteiger partial charge < -0.3 is 10.6 Å². The predicted octanol–water partition coefficient (Wildman–Crippen LogP) is 1.29. The van der Waals surface area contributed by atoms with Crippen LogP contribution in [-0.2, 0) is 0 Å². The molecule has 4 nitrogen and oxygen atoms in total. The number of hydrogen-bond acceptors (Lipinski definition) is 4. The molecule has 1 fully saturated rings. The van der Waals surface area contributed by atoms with Crippen LogP contribution in [0.4, 0.5) is 0 Å². The zero-order valence-electron chi connectivity index (χ0n) is 10.1. The van der Waals surface area contributed by atoms with Crippen molar-refractivity contribution in [3.8, 4) is 0 Å². The van der Waals surface area contributed by atoms with Crippen molar-refractivity contribution in [2.24, 2.45) is 5.73 Å². The number of pyridine rings is 1. The summed E-state index contributed by atoms with van der Waals surface area (Å²) in [4.78, 5) is 18.4. The first kappa shape index (κ1) is 13.3. The molecule has 0 saturated carbocycles. The van der Waals surface area contributed by atoms with Gasteiger partial charge in [0.2, 0.25) is 0 Å². The van der Waals surface area contributed by atoms with E-state index in [1.165, 1.54) is 0 Å². The number of amides is 1. The van der Waals surface area contributed by atoms with Crippen LogP contribution in [0.25, 0.3) is 0 Å². The highest BCUT2D eigenvalue weighted by molar-refractivity contribution is 7.99. The van der Waals surface area contributed by atoms with Crippen LogP contribution in [0.5, 0.6) is 0 Å². The lowest BCUT2D eigenvalue weighted by molar-refractivity contribution is 0.0742. The van der Waals surface area contributed by atoms with Crippen molar-refractivity contribution in [3.05, 3.63) is 29.6 Å². The Morgan fingerprint density at radius 2 is 2.39 bits per heavy atom. The second-order valence-electron chi connectivity index (χ2n) is 4.23. The number of nitrogens with two attached hydrogens (primary N) is 1. The smallest absolute Gasteiger partial charge is 0.272 e. The molecule has 18 heavy (non-hydrogen) atoms. The predicted molar refractivity (Wildman–Crippen MR) is 77.9 cm³/mol. The average molecular weight is 281 g/mol. The first-order valence-corrected chi connectivity index (χ1v) is 7.26. The fourth-order valence-electron chi connectivity index (χ4n) is 1.84. The SMILES string of the molecule is CN(C(=O)c1ccc(C(N)=S)cn1)C1CCSC1. The maximum atomic E-state index is 12.2. The summed E-state index contributed by atoms with van der Waals surface area (Å²) in [5.41, 5.74) is 6.61. The standard InChI is InChI=1S/C12H15N3OS2/c1-15(9-4-5-18-7-9)12(16)10-3-2-8(6-14-10)11(13)17/h2-3,6,9H,4-5,7H2,1H3,(H2,13,17). The van der Waals surface area contributed by atoms with Crippen LogP contribution in [-0.4, -0.2) is 45.4 Å². The van der Waals surface area contributed by atoms with Gasteiger partial charge in [0.1, 0.15) is 10.7 Å². The summed E-state index contributed by atoms with van der Waals surface area (Å²) in [5.74, 6) is 2.08. The van der Waals surface area contributed by atoms with Crippen LogP contribution in [0.2, 0.25) is 0 Å². The van der Waals surface area contributed by atoms with Crippen molar-refractivity contribution in [2.45, 2.75) is 12.5 Å². The Kier molecular flexibility index (Phi) is 4.19. The molecule has 96 valence electrons. The third-order valence-corrected chi connectivity index (χ3v) is 4.42. The molecular weight excluding hydrogens is 266 g/mol. The van der Waals surface area contributed by atoms with Gasteiger partial charge in [-0.2, -0.15) is 11.8 Å². The van der Waals surface area contributed by atoms with E-state index in [4.69, 9.17) is 18.0 Å². The summed E-state index contributed by atoms with van der Waals surface area (Å²) >= 11 is 6.73. The van der Waals surface area contributed by atoms with Gasteiger partial charge in [0, 0.05) is 30.6 Å². The number of rotatable bonds is 3. The zero-order chi connectivity index (χ0) is 13.1. The van der Waals surface area contributed by atoms with Crippen LogP contribution in [0.3, 0.4) is 0 Å². The maximum absolute atomic E-state index is 12.2. The molecule has 1 saturated heterocycles. The summed E-state index contributed by atoms with van der Waals surface area (Å²) in [5, 5.41) is 0. The molecule has 1 aliphatic rings. The second kappa shape index (κ2) is 5.67. The molecule has 6 heteroatoms. The minimum Gasteiger partial charge on any atom is -0.389 e. The monoisotopic (exact) mass is 281 g/mol. The van der Waals surface area contributed by atoms with Crippen LogP contribution in [0.1, 0.15) is 22.5 Å². The van der Waals surface area contributed by atoms with Crippen molar-refractivity contribution in [2.75, 3.05) is 18.6 Å². The van der Waals surface area contributed by atoms with E-state index in [0.717, 1.165) is 17.9 Å². The van der Waals surface area contributed by atoms with Gasteiger partial charge >= 0.3 is 0 Å². The summed E-state index contributed by atoms with van der Waals surface area (Å²) in [7, 11) is 1.84. The van der Waals surface area contributed by atoms with Gasteiger partial charge in [0.15, 0.2) is 0 Å². The van der Waals surface area contributed by atoms with E-state index in [2.05, 4.69) is 4.98 Å². The van der Waals surface area contributed by atoms with Gasteiger partial charge in [-0.3, -0.25) is 9.78 Å². The van der Waals surface area contributed by atoms with Gasteiger partial charge in [0.25, 0.3) is 5.91 Å². The average Bonchev–Trinajstić information content (AvgIpc) is 2.91. The zero-order valence-corrected chi connectivity index (χ0v) is 11.8. The molecule has 0 bridgehead atoms. The topological polar surface area (TPSA) is 59.2 Å². The minimum atomic E-state index is -0.0445. The van der Waals surface area contributed by atoms with Crippen LogP contribution in [0.15, 0.2) is 18.3 Å². The van der Waals surface area contributed by atoms with Crippen molar-refractivity contribution < 1.29 is 4.79 Å². The van der Waals surface area contributed by atoms with Gasteiger partial charge in [-0.15, -0.1) is 0 Å². The van der Waals surface area contributed by atoms with Crippen LogP contribution < -0.4 is 5.73 Å². The fourth-order valence-corrected chi connectivity index (χ4v) is 3.23. The van der Waals surface area contributed by atoms with E-state index >= 15 is 0 Å². The number of thioether (sulfide) groups is 1. The minimum absolute atomic E-state index is 0.0445. The quantitative estimate of drug-likeness (QED) is 0.846. The first-order chi connectivity index (χ1) is 8.59. The molecule has 1 atom stereocenters. The normalized spacial score (nSPS) is 18.6. The van der Waals surface area contributed by atoms with Crippen molar-refractivity contribution in [1.29, 1.82) is 0 Å². The lowest BCUT2D eigenvalue weighted by Crippen LogP contribution is -2.37. The lowest BCUT2D eigenvalue weighted by Gasteiger charge is -2.23. The summed E-state index contributed by atoms with van der Waals surface area (Å²) in [6.45, 7) is 0. The Labute approximate surface area is 116 Å². The summed E-state index contributed by atoms with van der Waals surface area (Å²) in [6.07, 6.45) is 2.60. The molecule has 2 N–H and O–H groups in total. The third-order valence-electron chi connectivity index (χ3n) is 3.04. The Morgan fingerprint density at radius 3 is 2.89 bits per heavy atom. The van der Waals surface area contributed by atoms with Gasteiger partial charge in [-0.05, 0) is 24.3 Å². The van der Waals surface area contributed by atoms with Gasteiger partial charge in [-0.25, -0.2) is 0 Å². The maximum Gasteiger partial charge on any atom is 0.272 e. The second-order valence-corrected chi connectivity index (χ2v) is 5.82. The molecule has 1 amide bonds. The molecule has 1 aromatic rings. The van der Waals surface area contributed by atoms with Gasteiger partial charge in [-0.1, -0.05) is 12.2 Å². The van der Waals surface area contributed by atoms with E-state index < -0.39 is 0 Å². The highest BCUT2D eigenvalue weighted by atomic mass is 32.2. The number of hydrogen-bond donors (Lipinski definition) is 1. The molecule has 1 aliphatic heterocycles. The van der Waals surface area contributed by atoms with Crippen LogP contribution in [0, 0.1) is 0 Å². The number of thiocarbonyl (C=S) groups is 1. The molecule has 1 aromatic heterocycles. The Bertz CT molecular complexity index is 455. The first-order valence-electron chi connectivity index (χ1n) is 5.70. The highest BCUT2D eigenvalue weighted by Crippen LogP contribution is 2.22. The lowest BCUT2D eigenvalue weighted by atomic mass is 10.2. The number of aromatic nitrogens is 1. The molecule has 2 rings (SSSR count). The van der Waals surface area contributed by atoms with Crippen LogP contribution >= 0.6 is 24.0 Å². The van der Waals surface area contributed by atoms with Crippen molar-refractivity contribution in [1.82, 2.24) is 9.88 Å². The summed E-state index contributed by atoms with van der Waals surface area (Å²) in [6, 6.07) is 3.73. The molecule has 0 radical (unpaired) electrons. The third kappa shape index (κ3) is 2.81. The summed E-state index contributed by atoms with van der Waals surface area (Å²) < 4.78 is 0. The molecule has 2 heterocycles. The molecule has 0 spiro atoms. The molecule has 1 unspecified atom stereocenters. The fraction of sp³-hybridized carbons (Fsp3) is 0.417. The van der Waals surface area contributed by atoms with E-state index in [1.807, 2.05) is 18.8 Å². The van der Waals surface area contributed by atoms with E-state index in [1.54, 1.807) is 23.2 Å². The van der Waals surface area contributed by atoms with Crippen molar-refractivity contribution >= 4 is 34.9 Å². The number of nitrogens with zero attached hydrogens (tertiary/aromatic N) is 2. The Hall–Kier alpha value is -1.14. The number of carbonyl (C=O) groups is 1. The Balaban J connectivity index is 2.10. The van der Waals surface area contributed by atoms with Crippen molar-refractivity contribution in [3.63, 3.8) is 0 Å². The largest absolute Gasteiger partial charge is 0.389 e. The molecule has 0 aliphatic carbocycles. The highest BCUT2D eigenvalue weighted by Gasteiger charge is 2.25. The number of carbonyl (C=O) groups excluding carboxylic acids is 1. The van der Waals surface area contributed by atoms with Gasteiger partial charge in [0.05, 0.1) is 0 Å². The Morgan fingerprint density at radius 1 is 1.61 bits per heavy atom. The molecular formula is C12H15N3OS2. The van der Waals surface area contributed by atoms with E-state index in [0.29, 0.717) is 22.3 Å². The van der Waals surface area contributed by atoms with E-state index in [9.17, 15) is 4.79 Å². The molecule has 0 aromatic carbocycles. The van der Waals surface area contributed by atoms with E-state index in [-0.39, 0.29) is 5.91 Å².